The lowest BCUT2D eigenvalue weighted by atomic mass is 10.1. The number of carbonyl (C=O) groups is 1. The van der Waals surface area contributed by atoms with E-state index in [2.05, 4.69) is 22.9 Å². The Kier molecular flexibility index (Phi) is 3.32. The number of nitrogens with one attached hydrogen (secondary N) is 3. The molecule has 1 heterocycles. The summed E-state index contributed by atoms with van der Waals surface area (Å²) in [6.07, 6.45) is 3.44. The van der Waals surface area contributed by atoms with Crippen molar-refractivity contribution < 1.29 is 4.79 Å². The molecular formula is C15H21N3O. The SMILES string of the molecule is CC1CCC(NC(=O)c2ccc3c(c2)NCCN3)C1. The van der Waals surface area contributed by atoms with Gasteiger partial charge in [-0.15, -0.1) is 0 Å². The van der Waals surface area contributed by atoms with Gasteiger partial charge in [-0.2, -0.15) is 0 Å². The van der Waals surface area contributed by atoms with Crippen LogP contribution < -0.4 is 16.0 Å². The number of fused-ring (bicyclic) bond motifs is 1. The fraction of sp³-hybridized carbons (Fsp3) is 0.533. The first-order valence-electron chi connectivity index (χ1n) is 7.15. The van der Waals surface area contributed by atoms with Crippen LogP contribution in [0, 0.1) is 5.92 Å². The second kappa shape index (κ2) is 5.11. The molecule has 2 atom stereocenters. The topological polar surface area (TPSA) is 53.2 Å². The molecule has 1 aliphatic heterocycles. The van der Waals surface area contributed by atoms with Gasteiger partial charge >= 0.3 is 0 Å². The molecule has 0 aromatic heterocycles. The van der Waals surface area contributed by atoms with E-state index in [0.717, 1.165) is 48.8 Å². The van der Waals surface area contributed by atoms with Gasteiger partial charge in [0.2, 0.25) is 0 Å². The number of hydrogen-bond acceptors (Lipinski definition) is 3. The minimum absolute atomic E-state index is 0.0503. The molecule has 1 aliphatic carbocycles. The number of carbonyl (C=O) groups excluding carboxylic acids is 1. The molecule has 0 spiro atoms. The molecule has 3 rings (SSSR count). The summed E-state index contributed by atoms with van der Waals surface area (Å²) < 4.78 is 0. The zero-order valence-corrected chi connectivity index (χ0v) is 11.3. The van der Waals surface area contributed by atoms with Gasteiger partial charge in [-0.3, -0.25) is 4.79 Å². The van der Waals surface area contributed by atoms with E-state index in [9.17, 15) is 4.79 Å². The number of hydrogen-bond donors (Lipinski definition) is 3. The molecule has 0 saturated heterocycles. The maximum absolute atomic E-state index is 12.2. The van der Waals surface area contributed by atoms with Crippen LogP contribution in [-0.2, 0) is 0 Å². The minimum atomic E-state index is 0.0503. The van der Waals surface area contributed by atoms with Crippen LogP contribution in [0.4, 0.5) is 11.4 Å². The number of benzene rings is 1. The fourth-order valence-electron chi connectivity index (χ4n) is 2.99. The molecule has 0 bridgehead atoms. The summed E-state index contributed by atoms with van der Waals surface area (Å²) in [7, 11) is 0. The molecule has 4 heteroatoms. The largest absolute Gasteiger partial charge is 0.382 e. The van der Waals surface area contributed by atoms with Crippen molar-refractivity contribution in [3.05, 3.63) is 23.8 Å². The summed E-state index contributed by atoms with van der Waals surface area (Å²) >= 11 is 0. The molecule has 2 unspecified atom stereocenters. The van der Waals surface area contributed by atoms with Crippen LogP contribution in [0.1, 0.15) is 36.5 Å². The highest BCUT2D eigenvalue weighted by atomic mass is 16.1. The third-order valence-electron chi connectivity index (χ3n) is 4.07. The van der Waals surface area contributed by atoms with E-state index < -0.39 is 0 Å². The highest BCUT2D eigenvalue weighted by molar-refractivity contribution is 5.96. The highest BCUT2D eigenvalue weighted by Crippen LogP contribution is 2.27. The Morgan fingerprint density at radius 1 is 1.21 bits per heavy atom. The van der Waals surface area contributed by atoms with E-state index in [4.69, 9.17) is 0 Å². The molecule has 19 heavy (non-hydrogen) atoms. The van der Waals surface area contributed by atoms with Crippen LogP contribution in [0.5, 0.6) is 0 Å². The summed E-state index contributed by atoms with van der Waals surface area (Å²) in [5.41, 5.74) is 2.85. The zero-order valence-electron chi connectivity index (χ0n) is 11.3. The van der Waals surface area contributed by atoms with Crippen molar-refractivity contribution in [2.75, 3.05) is 23.7 Å². The van der Waals surface area contributed by atoms with E-state index in [0.29, 0.717) is 6.04 Å². The molecule has 4 nitrogen and oxygen atoms in total. The second-order valence-electron chi connectivity index (χ2n) is 5.70. The maximum Gasteiger partial charge on any atom is 0.251 e. The third-order valence-corrected chi connectivity index (χ3v) is 4.07. The van der Waals surface area contributed by atoms with Crippen molar-refractivity contribution in [2.45, 2.75) is 32.2 Å². The van der Waals surface area contributed by atoms with E-state index >= 15 is 0 Å². The number of anilines is 2. The minimum Gasteiger partial charge on any atom is -0.382 e. The van der Waals surface area contributed by atoms with E-state index in [-0.39, 0.29) is 5.91 Å². The first kappa shape index (κ1) is 12.3. The summed E-state index contributed by atoms with van der Waals surface area (Å²) in [5, 5.41) is 9.77. The van der Waals surface area contributed by atoms with E-state index in [1.165, 1.54) is 6.42 Å². The molecule has 1 saturated carbocycles. The van der Waals surface area contributed by atoms with Gasteiger partial charge in [-0.05, 0) is 43.4 Å². The molecule has 0 radical (unpaired) electrons. The Bertz CT molecular complexity index is 486. The Labute approximate surface area is 114 Å². The van der Waals surface area contributed by atoms with Gasteiger partial charge in [-0.25, -0.2) is 0 Å². The van der Waals surface area contributed by atoms with Gasteiger partial charge in [0.15, 0.2) is 0 Å². The van der Waals surface area contributed by atoms with Gasteiger partial charge < -0.3 is 16.0 Å². The molecule has 1 aromatic carbocycles. The third kappa shape index (κ3) is 2.67. The van der Waals surface area contributed by atoms with Gasteiger partial charge in [0.25, 0.3) is 5.91 Å². The normalized spacial score (nSPS) is 25.1. The first-order valence-corrected chi connectivity index (χ1v) is 7.15. The van der Waals surface area contributed by atoms with Crippen LogP contribution >= 0.6 is 0 Å². The monoisotopic (exact) mass is 259 g/mol. The molecule has 1 fully saturated rings. The smallest absolute Gasteiger partial charge is 0.251 e. The molecule has 102 valence electrons. The predicted octanol–water partition coefficient (Wildman–Crippen LogP) is 2.44. The summed E-state index contributed by atoms with van der Waals surface area (Å²) in [6.45, 7) is 4.08. The van der Waals surface area contributed by atoms with Crippen LogP contribution in [0.2, 0.25) is 0 Å². The van der Waals surface area contributed by atoms with Crippen molar-refractivity contribution in [3.8, 4) is 0 Å². The van der Waals surface area contributed by atoms with Crippen LogP contribution in [0.15, 0.2) is 18.2 Å². The lowest BCUT2D eigenvalue weighted by Crippen LogP contribution is -2.33. The van der Waals surface area contributed by atoms with Crippen LogP contribution in [0.25, 0.3) is 0 Å². The van der Waals surface area contributed by atoms with Gasteiger partial charge in [-0.1, -0.05) is 6.92 Å². The predicted molar refractivity (Wildman–Crippen MR) is 77.7 cm³/mol. The van der Waals surface area contributed by atoms with Gasteiger partial charge in [0.05, 0.1) is 11.4 Å². The summed E-state index contributed by atoms with van der Waals surface area (Å²) in [5.74, 6) is 0.786. The average molecular weight is 259 g/mol. The van der Waals surface area contributed by atoms with Crippen molar-refractivity contribution in [3.63, 3.8) is 0 Å². The summed E-state index contributed by atoms with van der Waals surface area (Å²) in [4.78, 5) is 12.2. The Morgan fingerprint density at radius 2 is 2.00 bits per heavy atom. The maximum atomic E-state index is 12.2. The average Bonchev–Trinajstić information content (AvgIpc) is 2.83. The molecule has 1 amide bonds. The van der Waals surface area contributed by atoms with Gasteiger partial charge in [0, 0.05) is 24.7 Å². The van der Waals surface area contributed by atoms with Crippen molar-refractivity contribution in [1.29, 1.82) is 0 Å². The van der Waals surface area contributed by atoms with Crippen molar-refractivity contribution in [2.24, 2.45) is 5.92 Å². The van der Waals surface area contributed by atoms with Crippen LogP contribution in [-0.4, -0.2) is 25.0 Å². The summed E-state index contributed by atoms with van der Waals surface area (Å²) in [6, 6.07) is 6.17. The highest BCUT2D eigenvalue weighted by Gasteiger charge is 2.23. The van der Waals surface area contributed by atoms with Crippen LogP contribution in [0.3, 0.4) is 0 Å². The standard InChI is InChI=1S/C15H21N3O/c1-10-2-4-12(8-10)18-15(19)11-3-5-13-14(9-11)17-7-6-16-13/h3,5,9-10,12,16-17H,2,4,6-8H2,1H3,(H,18,19). The number of rotatable bonds is 2. The lowest BCUT2D eigenvalue weighted by Gasteiger charge is -2.21. The Morgan fingerprint density at radius 3 is 2.74 bits per heavy atom. The Hall–Kier alpha value is -1.71. The first-order chi connectivity index (χ1) is 9.22. The molecule has 1 aromatic rings. The zero-order chi connectivity index (χ0) is 13.2. The van der Waals surface area contributed by atoms with Crippen molar-refractivity contribution in [1.82, 2.24) is 5.32 Å². The van der Waals surface area contributed by atoms with Crippen molar-refractivity contribution >= 4 is 17.3 Å². The van der Waals surface area contributed by atoms with E-state index in [1.54, 1.807) is 0 Å². The number of amides is 1. The molecule has 3 N–H and O–H groups in total. The van der Waals surface area contributed by atoms with E-state index in [1.807, 2.05) is 18.2 Å². The van der Waals surface area contributed by atoms with Gasteiger partial charge in [0.1, 0.15) is 0 Å². The Balaban J connectivity index is 1.69. The molecular weight excluding hydrogens is 238 g/mol. The second-order valence-corrected chi connectivity index (χ2v) is 5.70. The molecule has 2 aliphatic rings. The fourth-order valence-corrected chi connectivity index (χ4v) is 2.99. The quantitative estimate of drug-likeness (QED) is 0.764. The lowest BCUT2D eigenvalue weighted by molar-refractivity contribution is 0.0937.